The zero-order chi connectivity index (χ0) is 14.5. The Morgan fingerprint density at radius 2 is 1.89 bits per heavy atom. The molecule has 0 heterocycles. The van der Waals surface area contributed by atoms with Gasteiger partial charge in [0.05, 0.1) is 5.41 Å². The highest BCUT2D eigenvalue weighted by Gasteiger charge is 2.34. The molecule has 5 nitrogen and oxygen atoms in total. The number of ether oxygens (including phenoxy) is 1. The summed E-state index contributed by atoms with van der Waals surface area (Å²) >= 11 is 0. The van der Waals surface area contributed by atoms with Gasteiger partial charge in [-0.2, -0.15) is 0 Å². The van der Waals surface area contributed by atoms with E-state index in [1.54, 1.807) is 20.8 Å². The molecule has 1 aromatic rings. The first-order chi connectivity index (χ1) is 8.84. The van der Waals surface area contributed by atoms with E-state index < -0.39 is 23.5 Å². The Bertz CT molecular complexity index is 443. The van der Waals surface area contributed by atoms with Crippen LogP contribution < -0.4 is 11.1 Å². The number of benzene rings is 1. The molecule has 1 aromatic carbocycles. The van der Waals surface area contributed by atoms with Crippen LogP contribution in [0.5, 0.6) is 0 Å². The van der Waals surface area contributed by atoms with E-state index in [0.29, 0.717) is 6.54 Å². The molecule has 0 bridgehead atoms. The van der Waals surface area contributed by atoms with Gasteiger partial charge in [-0.25, -0.2) is 4.79 Å². The van der Waals surface area contributed by atoms with Crippen LogP contribution in [0.1, 0.15) is 26.3 Å². The normalized spacial score (nSPS) is 12.6. The first kappa shape index (κ1) is 15.0. The smallest absolute Gasteiger partial charge is 0.407 e. The summed E-state index contributed by atoms with van der Waals surface area (Å²) in [6.45, 7) is 5.31. The van der Waals surface area contributed by atoms with Gasteiger partial charge >= 0.3 is 6.09 Å². The minimum Gasteiger partial charge on any atom is -0.445 e. The molecule has 0 fully saturated rings. The second-order valence-corrected chi connectivity index (χ2v) is 4.97. The third-order valence-electron chi connectivity index (χ3n) is 3.21. The summed E-state index contributed by atoms with van der Waals surface area (Å²) in [5, 5.41) is 2.63. The highest BCUT2D eigenvalue weighted by atomic mass is 16.6. The van der Waals surface area contributed by atoms with Gasteiger partial charge < -0.3 is 15.8 Å². The number of rotatable bonds is 5. The van der Waals surface area contributed by atoms with Crippen molar-refractivity contribution in [3.8, 4) is 0 Å². The first-order valence-electron chi connectivity index (χ1n) is 6.12. The molecule has 2 amide bonds. The van der Waals surface area contributed by atoms with Crippen molar-refractivity contribution >= 4 is 12.0 Å². The number of amides is 2. The molecule has 0 saturated heterocycles. The lowest BCUT2D eigenvalue weighted by Gasteiger charge is -2.27. The van der Waals surface area contributed by atoms with E-state index >= 15 is 0 Å². The molecular formula is C14H20N2O3. The number of alkyl carbamates (subject to hydrolysis) is 1. The van der Waals surface area contributed by atoms with Crippen LogP contribution in [0.15, 0.2) is 30.3 Å². The Hall–Kier alpha value is -2.04. The first-order valence-corrected chi connectivity index (χ1v) is 6.12. The Kier molecular flexibility index (Phi) is 4.92. The average Bonchev–Trinajstić information content (AvgIpc) is 2.37. The molecule has 1 atom stereocenters. The highest BCUT2D eigenvalue weighted by molar-refractivity contribution is 5.81. The summed E-state index contributed by atoms with van der Waals surface area (Å²) < 4.78 is 5.15. The van der Waals surface area contributed by atoms with Crippen LogP contribution in [0.3, 0.4) is 0 Å². The van der Waals surface area contributed by atoms with E-state index in [1.165, 1.54) is 0 Å². The Labute approximate surface area is 113 Å². The summed E-state index contributed by atoms with van der Waals surface area (Å²) in [6.07, 6.45) is -1.16. The van der Waals surface area contributed by atoms with Crippen molar-refractivity contribution in [2.24, 2.45) is 11.1 Å². The lowest BCUT2D eigenvalue weighted by atomic mass is 9.87. The number of hydrogen-bond acceptors (Lipinski definition) is 3. The number of nitrogens with one attached hydrogen (secondary N) is 1. The standard InChI is InChI=1S/C14H20N2O3/c1-10(14(2,3)12(15)17)19-13(18)16-9-11-7-5-4-6-8-11/h4-8,10H,9H2,1-3H3,(H2,15,17)(H,16,18). The summed E-state index contributed by atoms with van der Waals surface area (Å²) in [7, 11) is 0. The van der Waals surface area contributed by atoms with Crippen molar-refractivity contribution in [2.45, 2.75) is 33.4 Å². The second-order valence-electron chi connectivity index (χ2n) is 4.97. The summed E-state index contributed by atoms with van der Waals surface area (Å²) in [5.41, 5.74) is 5.34. The van der Waals surface area contributed by atoms with E-state index in [4.69, 9.17) is 10.5 Å². The quantitative estimate of drug-likeness (QED) is 0.851. The SMILES string of the molecule is CC(OC(=O)NCc1ccccc1)C(C)(C)C(N)=O. The third kappa shape index (κ3) is 4.28. The minimum atomic E-state index is -0.899. The molecule has 0 aliphatic heterocycles. The highest BCUT2D eigenvalue weighted by Crippen LogP contribution is 2.22. The van der Waals surface area contributed by atoms with Crippen LogP contribution in [-0.4, -0.2) is 18.1 Å². The van der Waals surface area contributed by atoms with Crippen molar-refractivity contribution < 1.29 is 14.3 Å². The maximum Gasteiger partial charge on any atom is 0.407 e. The van der Waals surface area contributed by atoms with Crippen LogP contribution in [-0.2, 0) is 16.1 Å². The zero-order valence-electron chi connectivity index (χ0n) is 11.5. The molecular weight excluding hydrogens is 244 g/mol. The van der Waals surface area contributed by atoms with Crippen molar-refractivity contribution in [2.75, 3.05) is 0 Å². The predicted molar refractivity (Wildman–Crippen MR) is 72.2 cm³/mol. The van der Waals surface area contributed by atoms with Crippen molar-refractivity contribution in [1.82, 2.24) is 5.32 Å². The molecule has 1 unspecified atom stereocenters. The Balaban J connectivity index is 2.46. The predicted octanol–water partition coefficient (Wildman–Crippen LogP) is 1.81. The van der Waals surface area contributed by atoms with E-state index in [1.807, 2.05) is 30.3 Å². The van der Waals surface area contributed by atoms with Gasteiger partial charge in [0.15, 0.2) is 0 Å². The molecule has 0 spiro atoms. The van der Waals surface area contributed by atoms with Gasteiger partial charge in [-0.05, 0) is 26.3 Å². The molecule has 5 heteroatoms. The van der Waals surface area contributed by atoms with E-state index in [-0.39, 0.29) is 0 Å². The second kappa shape index (κ2) is 6.22. The maximum atomic E-state index is 11.6. The molecule has 0 aromatic heterocycles. The molecule has 0 aliphatic rings. The van der Waals surface area contributed by atoms with Gasteiger partial charge in [0, 0.05) is 6.54 Å². The molecule has 0 radical (unpaired) electrons. The van der Waals surface area contributed by atoms with Crippen molar-refractivity contribution in [1.29, 1.82) is 0 Å². The Morgan fingerprint density at radius 1 is 1.32 bits per heavy atom. The fourth-order valence-electron chi connectivity index (χ4n) is 1.32. The maximum absolute atomic E-state index is 11.6. The lowest BCUT2D eigenvalue weighted by molar-refractivity contribution is -0.131. The molecule has 3 N–H and O–H groups in total. The fourth-order valence-corrected chi connectivity index (χ4v) is 1.32. The average molecular weight is 264 g/mol. The number of primary amides is 1. The summed E-state index contributed by atoms with van der Waals surface area (Å²) in [6, 6.07) is 9.48. The zero-order valence-corrected chi connectivity index (χ0v) is 11.5. The third-order valence-corrected chi connectivity index (χ3v) is 3.21. The van der Waals surface area contributed by atoms with Crippen LogP contribution >= 0.6 is 0 Å². The fraction of sp³-hybridized carbons (Fsp3) is 0.429. The largest absolute Gasteiger partial charge is 0.445 e. The van der Waals surface area contributed by atoms with Crippen LogP contribution in [0.4, 0.5) is 4.79 Å². The van der Waals surface area contributed by atoms with Gasteiger partial charge in [0.1, 0.15) is 6.10 Å². The summed E-state index contributed by atoms with van der Waals surface area (Å²) in [4.78, 5) is 22.8. The molecule has 0 saturated carbocycles. The van der Waals surface area contributed by atoms with E-state index in [2.05, 4.69) is 5.32 Å². The number of nitrogens with two attached hydrogens (primary N) is 1. The van der Waals surface area contributed by atoms with Gasteiger partial charge in [-0.3, -0.25) is 4.79 Å². The van der Waals surface area contributed by atoms with Crippen LogP contribution in [0.25, 0.3) is 0 Å². The van der Waals surface area contributed by atoms with Crippen molar-refractivity contribution in [3.63, 3.8) is 0 Å². The number of carbonyl (C=O) groups is 2. The van der Waals surface area contributed by atoms with E-state index in [9.17, 15) is 9.59 Å². The van der Waals surface area contributed by atoms with Crippen LogP contribution in [0.2, 0.25) is 0 Å². The van der Waals surface area contributed by atoms with Gasteiger partial charge in [0.25, 0.3) is 0 Å². The molecule has 1 rings (SSSR count). The number of carbonyl (C=O) groups excluding carboxylic acids is 2. The minimum absolute atomic E-state index is 0.378. The topological polar surface area (TPSA) is 81.4 Å². The summed E-state index contributed by atoms with van der Waals surface area (Å²) in [5.74, 6) is -0.504. The monoisotopic (exact) mass is 264 g/mol. The molecule has 0 aliphatic carbocycles. The van der Waals surface area contributed by atoms with Crippen molar-refractivity contribution in [3.05, 3.63) is 35.9 Å². The Morgan fingerprint density at radius 3 is 2.42 bits per heavy atom. The van der Waals surface area contributed by atoms with Gasteiger partial charge in [-0.1, -0.05) is 30.3 Å². The van der Waals surface area contributed by atoms with E-state index in [0.717, 1.165) is 5.56 Å². The molecule has 104 valence electrons. The van der Waals surface area contributed by atoms with Gasteiger partial charge in [0.2, 0.25) is 5.91 Å². The number of hydrogen-bond donors (Lipinski definition) is 2. The van der Waals surface area contributed by atoms with Crippen LogP contribution in [0, 0.1) is 5.41 Å². The lowest BCUT2D eigenvalue weighted by Crippen LogP contribution is -2.43. The van der Waals surface area contributed by atoms with Gasteiger partial charge in [-0.15, -0.1) is 0 Å². The molecule has 19 heavy (non-hydrogen) atoms.